The van der Waals surface area contributed by atoms with E-state index in [0.29, 0.717) is 24.8 Å². The number of amides is 1. The number of benzene rings is 1. The highest BCUT2D eigenvalue weighted by Gasteiger charge is 2.40. The maximum absolute atomic E-state index is 14.1. The quantitative estimate of drug-likeness (QED) is 0.422. The zero-order valence-electron chi connectivity index (χ0n) is 20.2. The zero-order chi connectivity index (χ0) is 26.1. The second kappa shape index (κ2) is 10.6. The molecule has 1 aromatic carbocycles. The first-order chi connectivity index (χ1) is 17.9. The summed E-state index contributed by atoms with van der Waals surface area (Å²) >= 11 is 1.06. The highest BCUT2D eigenvalue weighted by atomic mass is 32.1. The molecule has 2 aromatic heterocycles. The van der Waals surface area contributed by atoms with Crippen LogP contribution in [0.15, 0.2) is 29.2 Å². The van der Waals surface area contributed by atoms with Crippen LogP contribution in [0.2, 0.25) is 0 Å². The molecule has 1 fully saturated rings. The van der Waals surface area contributed by atoms with Crippen LogP contribution < -0.4 is 5.43 Å². The summed E-state index contributed by atoms with van der Waals surface area (Å²) in [5, 5.41) is 19.7. The normalized spacial score (nSPS) is 17.6. The minimum absolute atomic E-state index is 0.0623. The number of methoxy groups -OCH3 is 1. The van der Waals surface area contributed by atoms with Gasteiger partial charge in [0.05, 0.1) is 31.4 Å². The predicted molar refractivity (Wildman–Crippen MR) is 131 cm³/mol. The average molecular weight is 533 g/mol. The summed E-state index contributed by atoms with van der Waals surface area (Å²) in [7, 11) is 1.58. The topological polar surface area (TPSA) is 107 Å². The minimum atomic E-state index is -0.732. The molecule has 0 radical (unpaired) electrons. The van der Waals surface area contributed by atoms with E-state index in [1.54, 1.807) is 16.6 Å². The molecule has 1 saturated carbocycles. The van der Waals surface area contributed by atoms with Gasteiger partial charge in [-0.05, 0) is 30.9 Å². The van der Waals surface area contributed by atoms with Gasteiger partial charge in [0.1, 0.15) is 16.6 Å². The molecule has 12 heteroatoms. The number of hydrogen-bond acceptors (Lipinski definition) is 8. The molecule has 0 bridgehead atoms. The van der Waals surface area contributed by atoms with Crippen LogP contribution in [0.5, 0.6) is 5.75 Å². The third kappa shape index (κ3) is 5.00. The second-order valence-corrected chi connectivity index (χ2v) is 10.2. The maximum atomic E-state index is 14.1. The van der Waals surface area contributed by atoms with Gasteiger partial charge in [0.25, 0.3) is 5.91 Å². The Kier molecular flexibility index (Phi) is 7.31. The first kappa shape index (κ1) is 25.4. The van der Waals surface area contributed by atoms with Crippen molar-refractivity contribution in [2.45, 2.75) is 37.8 Å². The van der Waals surface area contributed by atoms with Crippen molar-refractivity contribution in [1.82, 2.24) is 19.7 Å². The molecule has 1 atom stereocenters. The molecule has 2 aliphatic rings. The fourth-order valence-corrected chi connectivity index (χ4v) is 5.44. The molecule has 37 heavy (non-hydrogen) atoms. The number of nitrogens with zero attached hydrogens (tertiary/aromatic N) is 4. The number of carbonyl (C=O) groups excluding carboxylic acids is 1. The van der Waals surface area contributed by atoms with Crippen molar-refractivity contribution in [3.63, 3.8) is 0 Å². The van der Waals surface area contributed by atoms with Crippen LogP contribution in [0.3, 0.4) is 0 Å². The van der Waals surface area contributed by atoms with Gasteiger partial charge in [0.2, 0.25) is 5.43 Å². The van der Waals surface area contributed by atoms with Crippen LogP contribution in [-0.4, -0.2) is 70.2 Å². The van der Waals surface area contributed by atoms with Crippen molar-refractivity contribution in [3.05, 3.63) is 62.5 Å². The van der Waals surface area contributed by atoms with E-state index in [0.717, 1.165) is 42.7 Å². The van der Waals surface area contributed by atoms with E-state index >= 15 is 0 Å². The summed E-state index contributed by atoms with van der Waals surface area (Å²) in [5.41, 5.74) is -0.476. The summed E-state index contributed by atoms with van der Waals surface area (Å²) < 4.78 is 39.7. The van der Waals surface area contributed by atoms with Crippen LogP contribution >= 0.6 is 11.3 Å². The van der Waals surface area contributed by atoms with Gasteiger partial charge in [-0.25, -0.2) is 8.78 Å². The standard InChI is InChI=1S/C25H26F2N4O5S/c1-35-7-8-36-13-17-11-31(16-3-2-4-16)25(34)21-23(33)22(32)18(12-30(17)21)24-29-28-20(37-24)9-14-5-6-15(26)10-19(14)27/h5-6,10,12,16-17,33H,2-4,7-9,11,13H2,1H3/t17-/m1/s1. The number of ether oxygens (including phenoxy) is 2. The largest absolute Gasteiger partial charge is 0.503 e. The molecular formula is C25H26F2N4O5S. The molecule has 0 unspecified atom stereocenters. The highest BCUT2D eigenvalue weighted by Crippen LogP contribution is 2.35. The molecule has 0 spiro atoms. The Morgan fingerprint density at radius 2 is 2.00 bits per heavy atom. The summed E-state index contributed by atoms with van der Waals surface area (Å²) in [6.45, 7) is 1.41. The molecule has 0 saturated heterocycles. The van der Waals surface area contributed by atoms with Crippen molar-refractivity contribution in [2.75, 3.05) is 33.5 Å². The monoisotopic (exact) mass is 532 g/mol. The smallest absolute Gasteiger partial charge is 0.274 e. The van der Waals surface area contributed by atoms with Crippen molar-refractivity contribution >= 4 is 17.2 Å². The third-order valence-corrected chi connectivity index (χ3v) is 7.74. The van der Waals surface area contributed by atoms with Gasteiger partial charge >= 0.3 is 0 Å². The summed E-state index contributed by atoms with van der Waals surface area (Å²) in [6, 6.07) is 3.03. The molecule has 3 heterocycles. The van der Waals surface area contributed by atoms with Crippen LogP contribution in [-0.2, 0) is 15.9 Å². The van der Waals surface area contributed by atoms with E-state index in [4.69, 9.17) is 9.47 Å². The maximum Gasteiger partial charge on any atom is 0.274 e. The summed E-state index contributed by atoms with van der Waals surface area (Å²) in [5.74, 6) is -2.41. The number of fused-ring (bicyclic) bond motifs is 1. The molecule has 1 aliphatic heterocycles. The van der Waals surface area contributed by atoms with Crippen molar-refractivity contribution in [2.24, 2.45) is 0 Å². The van der Waals surface area contributed by atoms with Gasteiger partial charge in [-0.3, -0.25) is 9.59 Å². The van der Waals surface area contributed by atoms with E-state index in [9.17, 15) is 23.5 Å². The molecule has 1 N–H and O–H groups in total. The van der Waals surface area contributed by atoms with Gasteiger partial charge in [0.15, 0.2) is 16.5 Å². The number of halogens is 2. The Balaban J connectivity index is 1.48. The Morgan fingerprint density at radius 1 is 1.19 bits per heavy atom. The highest BCUT2D eigenvalue weighted by molar-refractivity contribution is 7.14. The Hall–Kier alpha value is -3.22. The predicted octanol–water partition coefficient (Wildman–Crippen LogP) is 3.15. The Morgan fingerprint density at radius 3 is 2.70 bits per heavy atom. The fourth-order valence-electron chi connectivity index (χ4n) is 4.58. The van der Waals surface area contributed by atoms with E-state index in [1.807, 2.05) is 0 Å². The summed E-state index contributed by atoms with van der Waals surface area (Å²) in [4.78, 5) is 28.2. The molecule has 3 aromatic rings. The molecule has 9 nitrogen and oxygen atoms in total. The lowest BCUT2D eigenvalue weighted by Crippen LogP contribution is -2.52. The first-order valence-corrected chi connectivity index (χ1v) is 12.8. The van der Waals surface area contributed by atoms with Gasteiger partial charge in [-0.15, -0.1) is 10.2 Å². The number of hydrogen-bond donors (Lipinski definition) is 1. The Bertz CT molecular complexity index is 1370. The van der Waals surface area contributed by atoms with Gasteiger partial charge in [0, 0.05) is 38.4 Å². The van der Waals surface area contributed by atoms with E-state index < -0.39 is 22.8 Å². The van der Waals surface area contributed by atoms with Gasteiger partial charge in [-0.2, -0.15) is 0 Å². The molecule has 1 aliphatic carbocycles. The average Bonchev–Trinajstić information content (AvgIpc) is 3.30. The third-order valence-electron chi connectivity index (χ3n) is 6.79. The Labute approximate surface area is 215 Å². The number of aromatic hydroxyl groups is 1. The van der Waals surface area contributed by atoms with Gasteiger partial charge in [-0.1, -0.05) is 17.4 Å². The first-order valence-electron chi connectivity index (χ1n) is 12.0. The van der Waals surface area contributed by atoms with E-state index in [2.05, 4.69) is 10.2 Å². The SMILES string of the molecule is COCCOC[C@H]1CN(C2CCC2)C(=O)c2c(O)c(=O)c(-c3nnc(Cc4ccc(F)cc4F)s3)cn21. The van der Waals surface area contributed by atoms with Crippen LogP contribution in [0.4, 0.5) is 8.78 Å². The molecular weight excluding hydrogens is 506 g/mol. The van der Waals surface area contributed by atoms with Gasteiger partial charge < -0.3 is 24.0 Å². The number of carbonyl (C=O) groups is 1. The lowest BCUT2D eigenvalue weighted by Gasteiger charge is -2.43. The van der Waals surface area contributed by atoms with E-state index in [1.165, 1.54) is 12.3 Å². The number of aromatic nitrogens is 3. The zero-order valence-corrected chi connectivity index (χ0v) is 21.0. The van der Waals surface area contributed by atoms with Crippen molar-refractivity contribution < 1.29 is 28.2 Å². The van der Waals surface area contributed by atoms with Crippen molar-refractivity contribution in [3.8, 4) is 16.3 Å². The lowest BCUT2D eigenvalue weighted by atomic mass is 9.90. The van der Waals surface area contributed by atoms with E-state index in [-0.39, 0.29) is 52.8 Å². The van der Waals surface area contributed by atoms with Crippen molar-refractivity contribution in [1.29, 1.82) is 0 Å². The van der Waals surface area contributed by atoms with Crippen LogP contribution in [0.25, 0.3) is 10.6 Å². The molecule has 196 valence electrons. The summed E-state index contributed by atoms with van der Waals surface area (Å²) in [6.07, 6.45) is 4.37. The molecule has 5 rings (SSSR count). The van der Waals surface area contributed by atoms with Crippen LogP contribution in [0.1, 0.15) is 46.4 Å². The number of rotatable bonds is 9. The minimum Gasteiger partial charge on any atom is -0.503 e. The fraction of sp³-hybridized carbons (Fsp3) is 0.440. The number of pyridine rings is 1. The van der Waals surface area contributed by atoms with Crippen LogP contribution in [0, 0.1) is 11.6 Å². The lowest BCUT2D eigenvalue weighted by molar-refractivity contribution is 0.0199. The second-order valence-electron chi connectivity index (χ2n) is 9.15. The molecule has 1 amide bonds.